The van der Waals surface area contributed by atoms with Crippen LogP contribution in [0.3, 0.4) is 0 Å². The molecule has 0 saturated carbocycles. The summed E-state index contributed by atoms with van der Waals surface area (Å²) in [7, 11) is 3.52. The zero-order valence-corrected chi connectivity index (χ0v) is 15.1. The summed E-state index contributed by atoms with van der Waals surface area (Å²) in [6.07, 6.45) is 7.41. The molecular weight excluding hydrogens is 332 g/mol. The van der Waals surface area contributed by atoms with E-state index in [9.17, 15) is 5.26 Å². The van der Waals surface area contributed by atoms with Crippen molar-refractivity contribution in [2.45, 2.75) is 4.90 Å². The Bertz CT molecular complexity index is 929. The van der Waals surface area contributed by atoms with Crippen LogP contribution in [-0.4, -0.2) is 30.0 Å². The molecule has 1 aromatic heterocycles. The average Bonchev–Trinajstić information content (AvgIpc) is 3.20. The minimum atomic E-state index is 0.620. The van der Waals surface area contributed by atoms with Crippen molar-refractivity contribution in [1.29, 1.82) is 5.26 Å². The lowest BCUT2D eigenvalue weighted by Crippen LogP contribution is -2.03. The molecular formula is C19H18N4OS. The molecule has 3 rings (SSSR count). The standard InChI is InChI=1S/C19H18N4OS/c1-21-17-15(14-7-5-4-6-13(14)11-20)10-16(23-9-8-22-12-23)19(25-3)18(17)24-2/h4-10,12,21H,1-3H3. The quantitative estimate of drug-likeness (QED) is 0.699. The summed E-state index contributed by atoms with van der Waals surface area (Å²) in [5.74, 6) is 0.754. The SMILES string of the molecule is CNc1c(-c2ccccc2C#N)cc(-n2ccnc2)c(SC)c1OC. The van der Waals surface area contributed by atoms with Crippen LogP contribution < -0.4 is 10.1 Å². The maximum Gasteiger partial charge on any atom is 0.158 e. The van der Waals surface area contributed by atoms with Gasteiger partial charge in [-0.05, 0) is 18.4 Å². The summed E-state index contributed by atoms with van der Waals surface area (Å²) in [6, 6.07) is 11.9. The molecule has 6 heteroatoms. The van der Waals surface area contributed by atoms with E-state index in [-0.39, 0.29) is 0 Å². The summed E-state index contributed by atoms with van der Waals surface area (Å²) < 4.78 is 7.68. The van der Waals surface area contributed by atoms with Gasteiger partial charge in [0.2, 0.25) is 0 Å². The number of anilines is 1. The summed E-state index contributed by atoms with van der Waals surface area (Å²) in [5.41, 5.74) is 4.22. The van der Waals surface area contributed by atoms with Crippen molar-refractivity contribution >= 4 is 17.4 Å². The summed E-state index contributed by atoms with van der Waals surface area (Å²) >= 11 is 1.61. The molecule has 0 unspecified atom stereocenters. The Hall–Kier alpha value is -2.91. The van der Waals surface area contributed by atoms with Gasteiger partial charge < -0.3 is 14.6 Å². The largest absolute Gasteiger partial charge is 0.493 e. The Morgan fingerprint density at radius 2 is 2.08 bits per heavy atom. The molecule has 0 aliphatic heterocycles. The molecule has 3 aromatic rings. The molecule has 0 amide bonds. The molecule has 25 heavy (non-hydrogen) atoms. The van der Waals surface area contributed by atoms with Crippen LogP contribution in [0.4, 0.5) is 5.69 Å². The smallest absolute Gasteiger partial charge is 0.158 e. The van der Waals surface area contributed by atoms with Crippen LogP contribution in [0.2, 0.25) is 0 Å². The summed E-state index contributed by atoms with van der Waals surface area (Å²) in [4.78, 5) is 5.16. The maximum atomic E-state index is 9.50. The van der Waals surface area contributed by atoms with Gasteiger partial charge in [0.05, 0.1) is 41.3 Å². The zero-order valence-electron chi connectivity index (χ0n) is 14.3. The van der Waals surface area contributed by atoms with Crippen LogP contribution in [-0.2, 0) is 0 Å². The topological polar surface area (TPSA) is 62.9 Å². The number of imidazole rings is 1. The monoisotopic (exact) mass is 350 g/mol. The normalized spacial score (nSPS) is 10.3. The predicted octanol–water partition coefficient (Wildman–Crippen LogP) is 4.18. The van der Waals surface area contributed by atoms with Crippen LogP contribution in [0.5, 0.6) is 5.75 Å². The first-order valence-corrected chi connectivity index (χ1v) is 8.92. The Morgan fingerprint density at radius 1 is 1.28 bits per heavy atom. The van der Waals surface area contributed by atoms with Gasteiger partial charge in [-0.1, -0.05) is 18.2 Å². The number of nitriles is 1. The fourth-order valence-corrected chi connectivity index (χ4v) is 3.63. The molecule has 0 saturated heterocycles. The minimum Gasteiger partial charge on any atom is -0.493 e. The molecule has 2 aromatic carbocycles. The first-order chi connectivity index (χ1) is 12.2. The molecule has 0 aliphatic rings. The van der Waals surface area contributed by atoms with Crippen molar-refractivity contribution in [3.05, 3.63) is 54.6 Å². The Kier molecular flexibility index (Phi) is 4.96. The third kappa shape index (κ3) is 2.94. The lowest BCUT2D eigenvalue weighted by Gasteiger charge is -2.21. The van der Waals surface area contributed by atoms with E-state index in [0.717, 1.165) is 33.1 Å². The number of aromatic nitrogens is 2. The van der Waals surface area contributed by atoms with Crippen molar-refractivity contribution in [2.75, 3.05) is 25.7 Å². The fourth-order valence-electron chi connectivity index (χ4n) is 2.89. The van der Waals surface area contributed by atoms with Gasteiger partial charge in [-0.3, -0.25) is 0 Å². The van der Waals surface area contributed by atoms with E-state index >= 15 is 0 Å². The highest BCUT2D eigenvalue weighted by atomic mass is 32.2. The zero-order chi connectivity index (χ0) is 17.8. The number of hydrogen-bond acceptors (Lipinski definition) is 5. The highest BCUT2D eigenvalue weighted by Gasteiger charge is 2.21. The molecule has 1 heterocycles. The highest BCUT2D eigenvalue weighted by molar-refractivity contribution is 7.98. The molecule has 0 spiro atoms. The second-order valence-electron chi connectivity index (χ2n) is 5.26. The van der Waals surface area contributed by atoms with Gasteiger partial charge in [0.1, 0.15) is 0 Å². The molecule has 5 nitrogen and oxygen atoms in total. The predicted molar refractivity (Wildman–Crippen MR) is 102 cm³/mol. The average molecular weight is 350 g/mol. The van der Waals surface area contributed by atoms with Crippen molar-refractivity contribution < 1.29 is 4.74 Å². The number of benzene rings is 2. The van der Waals surface area contributed by atoms with E-state index in [2.05, 4.69) is 22.4 Å². The number of ether oxygens (including phenoxy) is 1. The highest BCUT2D eigenvalue weighted by Crippen LogP contribution is 2.46. The van der Waals surface area contributed by atoms with Gasteiger partial charge in [0.15, 0.2) is 5.75 Å². The van der Waals surface area contributed by atoms with E-state index in [0.29, 0.717) is 5.56 Å². The molecule has 0 fully saturated rings. The Morgan fingerprint density at radius 3 is 2.68 bits per heavy atom. The van der Waals surface area contributed by atoms with Crippen LogP contribution in [0.15, 0.2) is 53.9 Å². The fraction of sp³-hybridized carbons (Fsp3) is 0.158. The number of nitrogens with zero attached hydrogens (tertiary/aromatic N) is 3. The lowest BCUT2D eigenvalue weighted by molar-refractivity contribution is 0.406. The van der Waals surface area contributed by atoms with Crippen molar-refractivity contribution in [3.63, 3.8) is 0 Å². The van der Waals surface area contributed by atoms with Gasteiger partial charge in [0, 0.05) is 30.6 Å². The second-order valence-corrected chi connectivity index (χ2v) is 6.08. The third-order valence-electron chi connectivity index (χ3n) is 3.99. The molecule has 1 N–H and O–H groups in total. The summed E-state index contributed by atoms with van der Waals surface area (Å²) in [6.45, 7) is 0. The van der Waals surface area contributed by atoms with Crippen LogP contribution >= 0.6 is 11.8 Å². The first kappa shape index (κ1) is 16.9. The molecule has 0 radical (unpaired) electrons. The second kappa shape index (κ2) is 7.32. The maximum absolute atomic E-state index is 9.50. The van der Waals surface area contributed by atoms with E-state index in [1.54, 1.807) is 31.4 Å². The van der Waals surface area contributed by atoms with Gasteiger partial charge in [0.25, 0.3) is 0 Å². The Labute approximate surface area is 151 Å². The van der Waals surface area contributed by atoms with Gasteiger partial charge >= 0.3 is 0 Å². The van der Waals surface area contributed by atoms with Crippen molar-refractivity contribution in [2.24, 2.45) is 0 Å². The van der Waals surface area contributed by atoms with E-state index in [4.69, 9.17) is 4.74 Å². The number of rotatable bonds is 5. The molecule has 0 bridgehead atoms. The van der Waals surface area contributed by atoms with Crippen molar-refractivity contribution in [3.8, 4) is 28.6 Å². The summed E-state index contributed by atoms with van der Waals surface area (Å²) in [5, 5.41) is 12.7. The molecule has 0 atom stereocenters. The lowest BCUT2D eigenvalue weighted by atomic mass is 9.97. The van der Waals surface area contributed by atoms with Crippen LogP contribution in [0.25, 0.3) is 16.8 Å². The molecule has 0 aliphatic carbocycles. The van der Waals surface area contributed by atoms with Crippen LogP contribution in [0.1, 0.15) is 5.56 Å². The van der Waals surface area contributed by atoms with E-state index < -0.39 is 0 Å². The van der Waals surface area contributed by atoms with E-state index in [1.807, 2.05) is 48.3 Å². The molecule has 126 valence electrons. The Balaban J connectivity index is 2.39. The minimum absolute atomic E-state index is 0.620. The van der Waals surface area contributed by atoms with Gasteiger partial charge in [-0.25, -0.2) is 4.98 Å². The van der Waals surface area contributed by atoms with Gasteiger partial charge in [-0.2, -0.15) is 5.26 Å². The third-order valence-corrected chi connectivity index (χ3v) is 4.80. The van der Waals surface area contributed by atoms with E-state index in [1.165, 1.54) is 0 Å². The number of thioether (sulfide) groups is 1. The number of methoxy groups -OCH3 is 1. The van der Waals surface area contributed by atoms with Gasteiger partial charge in [-0.15, -0.1) is 11.8 Å². The first-order valence-electron chi connectivity index (χ1n) is 7.69. The number of nitrogens with one attached hydrogen (secondary N) is 1. The number of hydrogen-bond donors (Lipinski definition) is 1. The van der Waals surface area contributed by atoms with Crippen molar-refractivity contribution in [1.82, 2.24) is 9.55 Å². The van der Waals surface area contributed by atoms with Crippen LogP contribution in [0, 0.1) is 11.3 Å².